The summed E-state index contributed by atoms with van der Waals surface area (Å²) >= 11 is 0. The van der Waals surface area contributed by atoms with Gasteiger partial charge < -0.3 is 15.6 Å². The molecule has 1 atom stereocenters. The number of nitrogens with zero attached hydrogens (tertiary/aromatic N) is 2. The van der Waals surface area contributed by atoms with Crippen LogP contribution in [0, 0.1) is 0 Å². The van der Waals surface area contributed by atoms with E-state index >= 15 is 0 Å². The van der Waals surface area contributed by atoms with Crippen LogP contribution < -0.4 is 11.1 Å². The van der Waals surface area contributed by atoms with Crippen LogP contribution in [0.15, 0.2) is 35.1 Å². The van der Waals surface area contributed by atoms with Crippen molar-refractivity contribution in [3.05, 3.63) is 36.3 Å². The van der Waals surface area contributed by atoms with Crippen molar-refractivity contribution in [1.29, 1.82) is 0 Å². The van der Waals surface area contributed by atoms with Crippen molar-refractivity contribution in [3.8, 4) is 11.3 Å². The summed E-state index contributed by atoms with van der Waals surface area (Å²) in [5.74, 6) is 0.283. The van der Waals surface area contributed by atoms with Crippen molar-refractivity contribution in [2.45, 2.75) is 32.2 Å². The van der Waals surface area contributed by atoms with E-state index in [4.69, 9.17) is 10.3 Å². The molecule has 0 aliphatic carbocycles. The lowest BCUT2D eigenvalue weighted by Gasteiger charge is -2.15. The van der Waals surface area contributed by atoms with Crippen molar-refractivity contribution in [2.75, 3.05) is 6.54 Å². The van der Waals surface area contributed by atoms with E-state index in [-0.39, 0.29) is 17.6 Å². The molecule has 2 rings (SSSR count). The highest BCUT2D eigenvalue weighted by Gasteiger charge is 2.16. The van der Waals surface area contributed by atoms with Gasteiger partial charge in [-0.25, -0.2) is 0 Å². The zero-order chi connectivity index (χ0) is 15.1. The Labute approximate surface area is 123 Å². The number of nitrogens with one attached hydrogen (secondary N) is 1. The first kappa shape index (κ1) is 15.2. The largest absolute Gasteiger partial charge is 0.355 e. The Kier molecular flexibility index (Phi) is 5.45. The Hall–Kier alpha value is -2.21. The average Bonchev–Trinajstić information content (AvgIpc) is 3.02. The summed E-state index contributed by atoms with van der Waals surface area (Å²) < 4.78 is 5.20. The number of rotatable bonds is 7. The van der Waals surface area contributed by atoms with Gasteiger partial charge in [0, 0.05) is 36.6 Å². The number of unbranched alkanes of at least 4 members (excludes halogenated alkanes) is 1. The standard InChI is InChI=1S/C15H20N4O2/c1-2-3-4-12(10-16)18-15(20)13-9-14(21-19-13)11-5-7-17-8-6-11/h5-9,12H,2-4,10,16H2,1H3,(H,18,20). The fraction of sp³-hybridized carbons (Fsp3) is 0.400. The quantitative estimate of drug-likeness (QED) is 0.812. The first-order valence-corrected chi connectivity index (χ1v) is 7.12. The summed E-state index contributed by atoms with van der Waals surface area (Å²) in [5.41, 5.74) is 6.76. The predicted octanol–water partition coefficient (Wildman–Crippen LogP) is 1.98. The van der Waals surface area contributed by atoms with Gasteiger partial charge in [-0.3, -0.25) is 9.78 Å². The molecule has 21 heavy (non-hydrogen) atoms. The molecule has 0 aliphatic heterocycles. The fourth-order valence-corrected chi connectivity index (χ4v) is 1.99. The lowest BCUT2D eigenvalue weighted by Crippen LogP contribution is -2.40. The number of hydrogen-bond donors (Lipinski definition) is 2. The maximum atomic E-state index is 12.1. The van der Waals surface area contributed by atoms with E-state index in [0.717, 1.165) is 24.8 Å². The Balaban J connectivity index is 2.02. The molecule has 0 fully saturated rings. The third-order valence-corrected chi connectivity index (χ3v) is 3.23. The van der Waals surface area contributed by atoms with Gasteiger partial charge in [0.2, 0.25) is 0 Å². The molecule has 0 bridgehead atoms. The number of carbonyl (C=O) groups excluding carboxylic acids is 1. The Morgan fingerprint density at radius 2 is 2.19 bits per heavy atom. The smallest absolute Gasteiger partial charge is 0.273 e. The summed E-state index contributed by atoms with van der Waals surface area (Å²) in [6, 6.07) is 5.19. The zero-order valence-corrected chi connectivity index (χ0v) is 12.1. The van der Waals surface area contributed by atoms with Crippen molar-refractivity contribution in [1.82, 2.24) is 15.5 Å². The minimum atomic E-state index is -0.259. The molecule has 0 saturated heterocycles. The van der Waals surface area contributed by atoms with Crippen LogP contribution >= 0.6 is 0 Å². The number of nitrogens with two attached hydrogens (primary N) is 1. The number of aromatic nitrogens is 2. The van der Waals surface area contributed by atoms with Gasteiger partial charge in [-0.05, 0) is 18.6 Å². The van der Waals surface area contributed by atoms with E-state index < -0.39 is 0 Å². The van der Waals surface area contributed by atoms with Gasteiger partial charge in [-0.1, -0.05) is 24.9 Å². The lowest BCUT2D eigenvalue weighted by molar-refractivity contribution is 0.0926. The van der Waals surface area contributed by atoms with Crippen LogP contribution in [0.1, 0.15) is 36.7 Å². The number of pyridine rings is 1. The van der Waals surface area contributed by atoms with E-state index in [1.807, 2.05) is 0 Å². The van der Waals surface area contributed by atoms with E-state index in [9.17, 15) is 4.79 Å². The van der Waals surface area contributed by atoms with Crippen LogP contribution in [-0.4, -0.2) is 28.6 Å². The first-order valence-electron chi connectivity index (χ1n) is 7.12. The Morgan fingerprint density at radius 3 is 2.86 bits per heavy atom. The second-order valence-corrected chi connectivity index (χ2v) is 4.86. The maximum absolute atomic E-state index is 12.1. The fourth-order valence-electron chi connectivity index (χ4n) is 1.99. The van der Waals surface area contributed by atoms with Crippen LogP contribution in [0.2, 0.25) is 0 Å². The van der Waals surface area contributed by atoms with E-state index in [0.29, 0.717) is 12.3 Å². The third kappa shape index (κ3) is 4.13. The van der Waals surface area contributed by atoms with Crippen LogP contribution in [0.3, 0.4) is 0 Å². The third-order valence-electron chi connectivity index (χ3n) is 3.23. The highest BCUT2D eigenvalue weighted by molar-refractivity contribution is 5.93. The molecular formula is C15H20N4O2. The monoisotopic (exact) mass is 288 g/mol. The second-order valence-electron chi connectivity index (χ2n) is 4.86. The van der Waals surface area contributed by atoms with Gasteiger partial charge in [0.25, 0.3) is 5.91 Å². The van der Waals surface area contributed by atoms with Gasteiger partial charge >= 0.3 is 0 Å². The summed E-state index contributed by atoms with van der Waals surface area (Å²) in [5, 5.41) is 6.70. The van der Waals surface area contributed by atoms with Crippen LogP contribution in [0.5, 0.6) is 0 Å². The summed E-state index contributed by atoms with van der Waals surface area (Å²) in [4.78, 5) is 16.1. The highest BCUT2D eigenvalue weighted by atomic mass is 16.5. The molecule has 1 unspecified atom stereocenters. The van der Waals surface area contributed by atoms with Crippen molar-refractivity contribution in [3.63, 3.8) is 0 Å². The van der Waals surface area contributed by atoms with Gasteiger partial charge in [0.1, 0.15) is 0 Å². The first-order chi connectivity index (χ1) is 10.2. The molecule has 6 heteroatoms. The minimum absolute atomic E-state index is 0.0291. The van der Waals surface area contributed by atoms with Crippen LogP contribution in [0.4, 0.5) is 0 Å². The Morgan fingerprint density at radius 1 is 1.43 bits per heavy atom. The minimum Gasteiger partial charge on any atom is -0.355 e. The summed E-state index contributed by atoms with van der Waals surface area (Å²) in [7, 11) is 0. The van der Waals surface area contributed by atoms with Crippen LogP contribution in [-0.2, 0) is 0 Å². The van der Waals surface area contributed by atoms with E-state index in [2.05, 4.69) is 22.4 Å². The van der Waals surface area contributed by atoms with Gasteiger partial charge in [-0.15, -0.1) is 0 Å². The molecule has 0 spiro atoms. The van der Waals surface area contributed by atoms with Crippen molar-refractivity contribution in [2.24, 2.45) is 5.73 Å². The topological polar surface area (TPSA) is 94.0 Å². The normalized spacial score (nSPS) is 12.1. The molecule has 0 aromatic carbocycles. The average molecular weight is 288 g/mol. The van der Waals surface area contributed by atoms with Crippen molar-refractivity contribution >= 4 is 5.91 Å². The molecule has 2 aromatic heterocycles. The SMILES string of the molecule is CCCCC(CN)NC(=O)c1cc(-c2ccncc2)on1. The number of amides is 1. The molecule has 2 aromatic rings. The maximum Gasteiger partial charge on any atom is 0.273 e. The number of carbonyl (C=O) groups is 1. The lowest BCUT2D eigenvalue weighted by atomic mass is 10.1. The Bertz CT molecular complexity index is 568. The molecular weight excluding hydrogens is 268 g/mol. The molecule has 0 aliphatic rings. The molecule has 2 heterocycles. The molecule has 3 N–H and O–H groups in total. The second kappa shape index (κ2) is 7.54. The van der Waals surface area contributed by atoms with Gasteiger partial charge in [0.05, 0.1) is 0 Å². The highest BCUT2D eigenvalue weighted by Crippen LogP contribution is 2.19. The zero-order valence-electron chi connectivity index (χ0n) is 12.1. The summed E-state index contributed by atoms with van der Waals surface area (Å²) in [6.07, 6.45) is 6.29. The van der Waals surface area contributed by atoms with Crippen LogP contribution in [0.25, 0.3) is 11.3 Å². The molecule has 0 saturated carbocycles. The number of hydrogen-bond acceptors (Lipinski definition) is 5. The van der Waals surface area contributed by atoms with Gasteiger partial charge in [0.15, 0.2) is 11.5 Å². The molecule has 0 radical (unpaired) electrons. The predicted molar refractivity (Wildman–Crippen MR) is 79.6 cm³/mol. The van der Waals surface area contributed by atoms with E-state index in [1.54, 1.807) is 30.6 Å². The van der Waals surface area contributed by atoms with E-state index in [1.165, 1.54) is 0 Å². The summed E-state index contributed by atoms with van der Waals surface area (Å²) in [6.45, 7) is 2.52. The molecule has 112 valence electrons. The van der Waals surface area contributed by atoms with Crippen molar-refractivity contribution < 1.29 is 9.32 Å². The molecule has 6 nitrogen and oxygen atoms in total. The van der Waals surface area contributed by atoms with Gasteiger partial charge in [-0.2, -0.15) is 0 Å². The molecule has 1 amide bonds.